The van der Waals surface area contributed by atoms with Gasteiger partial charge in [-0.25, -0.2) is 0 Å². The van der Waals surface area contributed by atoms with Crippen LogP contribution in [0.5, 0.6) is 0 Å². The zero-order chi connectivity index (χ0) is 7.61. The number of allylic oxidation sites excluding steroid dienone is 3. The van der Waals surface area contributed by atoms with Crippen molar-refractivity contribution in [2.24, 2.45) is 5.41 Å². The molecule has 0 heteroatoms. The molecule has 10 heavy (non-hydrogen) atoms. The molecule has 0 N–H and O–H groups in total. The molecule has 0 amide bonds. The summed E-state index contributed by atoms with van der Waals surface area (Å²) in [6.45, 7) is 8.40. The summed E-state index contributed by atoms with van der Waals surface area (Å²) in [7, 11) is 0. The average Bonchev–Trinajstić information content (AvgIpc) is 2.32. The standard InChI is InChI=1S/C10H16/c1-4-9-7-6-8-10(9,3)5-2/h4,7H,1,5-6,8H2,2-3H3. The van der Waals surface area contributed by atoms with Crippen LogP contribution in [0.15, 0.2) is 24.3 Å². The van der Waals surface area contributed by atoms with Crippen LogP contribution < -0.4 is 0 Å². The molecule has 0 radical (unpaired) electrons. The Bertz CT molecular complexity index is 165. The smallest absolute Gasteiger partial charge is 0.00783 e. The second-order valence-corrected chi connectivity index (χ2v) is 3.32. The molecule has 56 valence electrons. The molecule has 0 aromatic rings. The highest BCUT2D eigenvalue weighted by Crippen LogP contribution is 2.41. The third-order valence-corrected chi connectivity index (χ3v) is 2.76. The summed E-state index contributed by atoms with van der Waals surface area (Å²) in [5.41, 5.74) is 1.90. The molecule has 0 aliphatic heterocycles. The van der Waals surface area contributed by atoms with Gasteiger partial charge in [0.05, 0.1) is 0 Å². The van der Waals surface area contributed by atoms with Gasteiger partial charge in [-0.3, -0.25) is 0 Å². The topological polar surface area (TPSA) is 0 Å². The van der Waals surface area contributed by atoms with Gasteiger partial charge in [-0.05, 0) is 30.3 Å². The zero-order valence-corrected chi connectivity index (χ0v) is 6.98. The normalized spacial score (nSPS) is 32.0. The van der Waals surface area contributed by atoms with E-state index in [0.717, 1.165) is 0 Å². The molecule has 1 aliphatic rings. The molecular formula is C10H16. The van der Waals surface area contributed by atoms with Gasteiger partial charge in [0.15, 0.2) is 0 Å². The van der Waals surface area contributed by atoms with Gasteiger partial charge in [-0.2, -0.15) is 0 Å². The Labute approximate surface area is 63.6 Å². The summed E-state index contributed by atoms with van der Waals surface area (Å²) in [5.74, 6) is 0. The van der Waals surface area contributed by atoms with Crippen LogP contribution in [0.25, 0.3) is 0 Å². The second kappa shape index (κ2) is 2.61. The maximum atomic E-state index is 3.82. The van der Waals surface area contributed by atoms with Crippen LogP contribution in [0, 0.1) is 5.41 Å². The predicted octanol–water partition coefficient (Wildman–Crippen LogP) is 3.31. The summed E-state index contributed by atoms with van der Waals surface area (Å²) in [6.07, 6.45) is 8.12. The maximum absolute atomic E-state index is 3.82. The van der Waals surface area contributed by atoms with Crippen LogP contribution >= 0.6 is 0 Å². The molecular weight excluding hydrogens is 120 g/mol. The fourth-order valence-electron chi connectivity index (χ4n) is 1.65. The van der Waals surface area contributed by atoms with E-state index in [4.69, 9.17) is 0 Å². The summed E-state index contributed by atoms with van der Waals surface area (Å²) < 4.78 is 0. The Hall–Kier alpha value is -0.520. The van der Waals surface area contributed by atoms with E-state index in [9.17, 15) is 0 Å². The quantitative estimate of drug-likeness (QED) is 0.546. The minimum absolute atomic E-state index is 0.446. The monoisotopic (exact) mass is 136 g/mol. The molecule has 1 rings (SSSR count). The first-order valence-corrected chi connectivity index (χ1v) is 4.06. The predicted molar refractivity (Wildman–Crippen MR) is 45.9 cm³/mol. The summed E-state index contributed by atoms with van der Waals surface area (Å²) >= 11 is 0. The van der Waals surface area contributed by atoms with Crippen molar-refractivity contribution in [3.8, 4) is 0 Å². The molecule has 0 spiro atoms. The largest absolute Gasteiger partial charge is 0.0988 e. The SMILES string of the molecule is C=CC1=CCCC1(C)CC. The van der Waals surface area contributed by atoms with E-state index in [0.29, 0.717) is 5.41 Å². The van der Waals surface area contributed by atoms with Crippen LogP contribution in [-0.4, -0.2) is 0 Å². The summed E-state index contributed by atoms with van der Waals surface area (Å²) in [5, 5.41) is 0. The fraction of sp³-hybridized carbons (Fsp3) is 0.600. The Morgan fingerprint density at radius 2 is 2.50 bits per heavy atom. The van der Waals surface area contributed by atoms with Crippen molar-refractivity contribution in [1.82, 2.24) is 0 Å². The van der Waals surface area contributed by atoms with Crippen molar-refractivity contribution in [3.63, 3.8) is 0 Å². The molecule has 0 aromatic heterocycles. The van der Waals surface area contributed by atoms with Crippen LogP contribution in [0.1, 0.15) is 33.1 Å². The molecule has 0 fully saturated rings. The van der Waals surface area contributed by atoms with Gasteiger partial charge >= 0.3 is 0 Å². The van der Waals surface area contributed by atoms with Gasteiger partial charge in [0.25, 0.3) is 0 Å². The summed E-state index contributed by atoms with van der Waals surface area (Å²) in [4.78, 5) is 0. The molecule has 1 atom stereocenters. The van der Waals surface area contributed by atoms with E-state index in [-0.39, 0.29) is 0 Å². The average molecular weight is 136 g/mol. The van der Waals surface area contributed by atoms with Crippen molar-refractivity contribution < 1.29 is 0 Å². The first-order valence-electron chi connectivity index (χ1n) is 4.06. The third kappa shape index (κ3) is 1.03. The van der Waals surface area contributed by atoms with Gasteiger partial charge < -0.3 is 0 Å². The molecule has 1 aliphatic carbocycles. The lowest BCUT2D eigenvalue weighted by atomic mass is 9.81. The minimum Gasteiger partial charge on any atom is -0.0988 e. The van der Waals surface area contributed by atoms with Crippen LogP contribution in [0.4, 0.5) is 0 Å². The van der Waals surface area contributed by atoms with E-state index in [2.05, 4.69) is 26.5 Å². The Morgan fingerprint density at radius 1 is 1.80 bits per heavy atom. The van der Waals surface area contributed by atoms with Crippen molar-refractivity contribution in [2.45, 2.75) is 33.1 Å². The maximum Gasteiger partial charge on any atom is -0.00783 e. The third-order valence-electron chi connectivity index (χ3n) is 2.76. The first kappa shape index (κ1) is 7.59. The highest BCUT2D eigenvalue weighted by atomic mass is 14.3. The molecule has 0 saturated carbocycles. The molecule has 0 bridgehead atoms. The van der Waals surface area contributed by atoms with Gasteiger partial charge in [-0.15, -0.1) is 0 Å². The molecule has 0 aromatic carbocycles. The highest BCUT2D eigenvalue weighted by molar-refractivity contribution is 5.28. The summed E-state index contributed by atoms with van der Waals surface area (Å²) in [6, 6.07) is 0. The van der Waals surface area contributed by atoms with Crippen LogP contribution in [0.3, 0.4) is 0 Å². The van der Waals surface area contributed by atoms with E-state index in [1.54, 1.807) is 0 Å². The minimum atomic E-state index is 0.446. The van der Waals surface area contributed by atoms with Crippen molar-refractivity contribution in [3.05, 3.63) is 24.3 Å². The van der Waals surface area contributed by atoms with Gasteiger partial charge in [0.2, 0.25) is 0 Å². The Kier molecular flexibility index (Phi) is 1.98. The van der Waals surface area contributed by atoms with E-state index in [1.807, 2.05) is 6.08 Å². The Morgan fingerprint density at radius 3 is 2.90 bits per heavy atom. The Balaban J connectivity index is 2.79. The molecule has 0 nitrogen and oxygen atoms in total. The lowest BCUT2D eigenvalue weighted by Gasteiger charge is -2.24. The van der Waals surface area contributed by atoms with E-state index in [1.165, 1.54) is 24.8 Å². The van der Waals surface area contributed by atoms with Gasteiger partial charge in [0.1, 0.15) is 0 Å². The lowest BCUT2D eigenvalue weighted by molar-refractivity contribution is 0.387. The van der Waals surface area contributed by atoms with Crippen molar-refractivity contribution in [2.75, 3.05) is 0 Å². The lowest BCUT2D eigenvalue weighted by Crippen LogP contribution is -2.12. The molecule has 0 heterocycles. The van der Waals surface area contributed by atoms with Crippen molar-refractivity contribution in [1.29, 1.82) is 0 Å². The van der Waals surface area contributed by atoms with Crippen LogP contribution in [0.2, 0.25) is 0 Å². The second-order valence-electron chi connectivity index (χ2n) is 3.32. The highest BCUT2D eigenvalue weighted by Gasteiger charge is 2.27. The van der Waals surface area contributed by atoms with E-state index >= 15 is 0 Å². The van der Waals surface area contributed by atoms with Gasteiger partial charge in [-0.1, -0.05) is 32.6 Å². The van der Waals surface area contributed by atoms with E-state index < -0.39 is 0 Å². The zero-order valence-electron chi connectivity index (χ0n) is 6.98. The fourth-order valence-corrected chi connectivity index (χ4v) is 1.65. The van der Waals surface area contributed by atoms with Crippen LogP contribution in [-0.2, 0) is 0 Å². The first-order chi connectivity index (χ1) is 4.73. The number of rotatable bonds is 2. The molecule has 0 saturated heterocycles. The van der Waals surface area contributed by atoms with Crippen molar-refractivity contribution >= 4 is 0 Å². The number of hydrogen-bond donors (Lipinski definition) is 0. The van der Waals surface area contributed by atoms with Gasteiger partial charge in [0, 0.05) is 0 Å². The number of hydrogen-bond acceptors (Lipinski definition) is 0. The molecule has 1 unspecified atom stereocenters.